The van der Waals surface area contributed by atoms with Crippen LogP contribution in [0.5, 0.6) is 0 Å². The van der Waals surface area contributed by atoms with E-state index in [1.54, 1.807) is 4.90 Å². The molecule has 0 saturated carbocycles. The zero-order valence-corrected chi connectivity index (χ0v) is 19.2. The topological polar surface area (TPSA) is 151 Å². The highest BCUT2D eigenvalue weighted by Crippen LogP contribution is 2.27. The van der Waals surface area contributed by atoms with Crippen LogP contribution >= 0.6 is 0 Å². The number of carbonyl (C=O) groups is 3. The average molecular weight is 460 g/mol. The van der Waals surface area contributed by atoms with Gasteiger partial charge in [-0.15, -0.1) is 0 Å². The molecule has 9 nitrogen and oxygen atoms in total. The minimum Gasteiger partial charge on any atom is -0.481 e. The van der Waals surface area contributed by atoms with Crippen LogP contribution in [0, 0.1) is 5.92 Å². The number of aryl methyl sites for hydroxylation is 1. The van der Waals surface area contributed by atoms with Gasteiger partial charge in [-0.05, 0) is 37.7 Å². The molecule has 9 heteroatoms. The van der Waals surface area contributed by atoms with Crippen molar-refractivity contribution in [3.8, 4) is 0 Å². The summed E-state index contributed by atoms with van der Waals surface area (Å²) in [6.45, 7) is 1.51. The summed E-state index contributed by atoms with van der Waals surface area (Å²) in [5.74, 6) is -1.56. The first-order valence-corrected chi connectivity index (χ1v) is 11.7. The second kappa shape index (κ2) is 14.1. The number of carboxylic acids is 1. The molecule has 1 aliphatic heterocycles. The Morgan fingerprint density at radius 3 is 2.52 bits per heavy atom. The number of rotatable bonds is 15. The maximum absolute atomic E-state index is 12.8. The van der Waals surface area contributed by atoms with E-state index in [4.69, 9.17) is 16.6 Å². The first-order chi connectivity index (χ1) is 15.9. The van der Waals surface area contributed by atoms with Gasteiger partial charge in [0.1, 0.15) is 0 Å². The lowest BCUT2D eigenvalue weighted by molar-refractivity contribution is -0.142. The molecule has 0 unspecified atom stereocenters. The van der Waals surface area contributed by atoms with Crippen LogP contribution in [0.1, 0.15) is 56.9 Å². The van der Waals surface area contributed by atoms with Gasteiger partial charge in [0.15, 0.2) is 5.96 Å². The third-order valence-electron chi connectivity index (χ3n) is 5.90. The van der Waals surface area contributed by atoms with Gasteiger partial charge in [0.05, 0.1) is 12.3 Å². The summed E-state index contributed by atoms with van der Waals surface area (Å²) in [5, 5.41) is 12.1. The lowest BCUT2D eigenvalue weighted by Crippen LogP contribution is -2.42. The Kier molecular flexibility index (Phi) is 11.2. The molecule has 0 aromatic heterocycles. The van der Waals surface area contributed by atoms with Gasteiger partial charge in [-0.25, -0.2) is 0 Å². The number of amides is 2. The molecule has 182 valence electrons. The maximum atomic E-state index is 12.8. The number of aliphatic imine (C=N–C) groups is 1. The first-order valence-electron chi connectivity index (χ1n) is 11.7. The molecule has 0 bridgehead atoms. The number of nitrogens with one attached hydrogen (secondary N) is 1. The standard InChI is InChI=1S/C24H37N5O4/c25-24(26)27-13-7-2-1-6-12-21(30)28-17-20-15-19(16-22(31)32)23(33)29(20)14-8-11-18-9-4-3-5-10-18/h3-5,9-10,19-20H,1-2,6-8,11-17H2,(H,28,30)(H,31,32)(H4,25,26,27)/t19-,20-/m0/s1. The Bertz CT molecular complexity index is 795. The van der Waals surface area contributed by atoms with Crippen molar-refractivity contribution in [2.45, 2.75) is 63.8 Å². The van der Waals surface area contributed by atoms with E-state index in [1.165, 1.54) is 5.56 Å². The van der Waals surface area contributed by atoms with Crippen molar-refractivity contribution >= 4 is 23.7 Å². The summed E-state index contributed by atoms with van der Waals surface area (Å²) < 4.78 is 0. The van der Waals surface area contributed by atoms with E-state index in [0.717, 1.165) is 38.5 Å². The molecular weight excluding hydrogens is 422 g/mol. The minimum atomic E-state index is -0.970. The van der Waals surface area contributed by atoms with Crippen LogP contribution in [0.2, 0.25) is 0 Å². The highest BCUT2D eigenvalue weighted by molar-refractivity contribution is 5.85. The van der Waals surface area contributed by atoms with Crippen molar-refractivity contribution in [1.82, 2.24) is 10.2 Å². The van der Waals surface area contributed by atoms with Crippen LogP contribution < -0.4 is 16.8 Å². The second-order valence-electron chi connectivity index (χ2n) is 8.58. The van der Waals surface area contributed by atoms with E-state index in [-0.39, 0.29) is 30.2 Å². The van der Waals surface area contributed by atoms with Crippen molar-refractivity contribution in [3.63, 3.8) is 0 Å². The van der Waals surface area contributed by atoms with Gasteiger partial charge in [0.25, 0.3) is 0 Å². The molecule has 2 rings (SSSR count). The number of nitrogens with two attached hydrogens (primary N) is 2. The third-order valence-corrected chi connectivity index (χ3v) is 5.90. The van der Waals surface area contributed by atoms with Crippen molar-refractivity contribution in [2.24, 2.45) is 22.4 Å². The van der Waals surface area contributed by atoms with Crippen molar-refractivity contribution in [2.75, 3.05) is 19.6 Å². The Labute approximate surface area is 195 Å². The molecular formula is C24H37N5O4. The molecule has 0 spiro atoms. The fourth-order valence-corrected chi connectivity index (χ4v) is 4.22. The summed E-state index contributed by atoms with van der Waals surface area (Å²) in [7, 11) is 0. The summed E-state index contributed by atoms with van der Waals surface area (Å²) >= 11 is 0. The molecule has 2 amide bonds. The van der Waals surface area contributed by atoms with E-state index in [0.29, 0.717) is 32.5 Å². The fraction of sp³-hybridized carbons (Fsp3) is 0.583. The van der Waals surface area contributed by atoms with Crippen LogP contribution in [0.3, 0.4) is 0 Å². The van der Waals surface area contributed by atoms with Crippen LogP contribution in [0.15, 0.2) is 35.3 Å². The van der Waals surface area contributed by atoms with E-state index >= 15 is 0 Å². The smallest absolute Gasteiger partial charge is 0.304 e. The summed E-state index contributed by atoms with van der Waals surface area (Å²) in [4.78, 5) is 41.9. The lowest BCUT2D eigenvalue weighted by Gasteiger charge is -2.25. The number of carboxylic acid groups (broad SMARTS) is 1. The van der Waals surface area contributed by atoms with Crippen molar-refractivity contribution in [3.05, 3.63) is 35.9 Å². The lowest BCUT2D eigenvalue weighted by atomic mass is 10.0. The Morgan fingerprint density at radius 1 is 1.09 bits per heavy atom. The number of nitrogens with zero attached hydrogens (tertiary/aromatic N) is 2. The molecule has 0 aliphatic carbocycles. The van der Waals surface area contributed by atoms with E-state index in [2.05, 4.69) is 22.4 Å². The number of hydrogen-bond donors (Lipinski definition) is 4. The quantitative estimate of drug-likeness (QED) is 0.178. The maximum Gasteiger partial charge on any atom is 0.304 e. The number of benzene rings is 1. The van der Waals surface area contributed by atoms with Gasteiger partial charge in [-0.1, -0.05) is 43.2 Å². The molecule has 6 N–H and O–H groups in total. The fourth-order valence-electron chi connectivity index (χ4n) is 4.22. The zero-order valence-electron chi connectivity index (χ0n) is 19.2. The normalized spacial score (nSPS) is 17.7. The minimum absolute atomic E-state index is 0.0439. The molecule has 1 fully saturated rings. The molecule has 1 aliphatic rings. The van der Waals surface area contributed by atoms with Crippen LogP contribution in [-0.2, 0) is 20.8 Å². The predicted octanol–water partition coefficient (Wildman–Crippen LogP) is 1.65. The van der Waals surface area contributed by atoms with Gasteiger partial charge in [-0.2, -0.15) is 0 Å². The highest BCUT2D eigenvalue weighted by atomic mass is 16.4. The Morgan fingerprint density at radius 2 is 1.82 bits per heavy atom. The highest BCUT2D eigenvalue weighted by Gasteiger charge is 2.39. The largest absolute Gasteiger partial charge is 0.481 e. The van der Waals surface area contributed by atoms with Crippen LogP contribution in [0.4, 0.5) is 0 Å². The Balaban J connectivity index is 1.76. The van der Waals surface area contributed by atoms with Crippen LogP contribution in [-0.4, -0.2) is 59.4 Å². The molecule has 1 heterocycles. The number of unbranched alkanes of at least 4 members (excludes halogenated alkanes) is 3. The number of likely N-dealkylation sites (tertiary alicyclic amines) is 1. The molecule has 33 heavy (non-hydrogen) atoms. The molecule has 1 saturated heterocycles. The van der Waals surface area contributed by atoms with Gasteiger partial charge >= 0.3 is 5.97 Å². The van der Waals surface area contributed by atoms with Gasteiger partial charge in [0.2, 0.25) is 11.8 Å². The summed E-state index contributed by atoms with van der Waals surface area (Å²) in [5.41, 5.74) is 11.8. The van der Waals surface area contributed by atoms with E-state index < -0.39 is 11.9 Å². The monoisotopic (exact) mass is 459 g/mol. The van der Waals surface area contributed by atoms with Gasteiger partial charge < -0.3 is 26.8 Å². The van der Waals surface area contributed by atoms with Crippen molar-refractivity contribution in [1.29, 1.82) is 0 Å². The zero-order chi connectivity index (χ0) is 24.1. The Hall–Kier alpha value is -3.10. The number of guanidine groups is 1. The molecule has 1 aromatic carbocycles. The number of carbonyl (C=O) groups excluding carboxylic acids is 2. The summed E-state index contributed by atoms with van der Waals surface area (Å²) in [6, 6.07) is 9.88. The van der Waals surface area contributed by atoms with E-state index in [1.807, 2.05) is 18.2 Å². The number of aliphatic carboxylic acids is 1. The van der Waals surface area contributed by atoms with Gasteiger partial charge in [0, 0.05) is 32.1 Å². The van der Waals surface area contributed by atoms with Crippen LogP contribution in [0.25, 0.3) is 0 Å². The molecule has 1 aromatic rings. The predicted molar refractivity (Wildman–Crippen MR) is 127 cm³/mol. The second-order valence-corrected chi connectivity index (χ2v) is 8.58. The van der Waals surface area contributed by atoms with Gasteiger partial charge in [-0.3, -0.25) is 19.4 Å². The third kappa shape index (κ3) is 9.93. The van der Waals surface area contributed by atoms with E-state index in [9.17, 15) is 14.4 Å². The SMILES string of the molecule is NC(N)=NCCCCCCC(=O)NC[C@@H]1C[C@@H](CC(=O)O)C(=O)N1CCCc1ccccc1. The number of hydrogen-bond acceptors (Lipinski definition) is 4. The van der Waals surface area contributed by atoms with Crippen molar-refractivity contribution < 1.29 is 19.5 Å². The molecule has 2 atom stereocenters. The summed E-state index contributed by atoms with van der Waals surface area (Å²) in [6.07, 6.45) is 5.88. The molecule has 0 radical (unpaired) electrons. The average Bonchev–Trinajstić information content (AvgIpc) is 3.06. The first kappa shape index (κ1) is 26.2.